The van der Waals surface area contributed by atoms with Gasteiger partial charge in [0.05, 0.1) is 31.7 Å². The van der Waals surface area contributed by atoms with E-state index < -0.39 is 0 Å². The van der Waals surface area contributed by atoms with Gasteiger partial charge in [0.15, 0.2) is 0 Å². The number of nitrogens with zero attached hydrogens (tertiary/aromatic N) is 1. The first-order valence-corrected chi connectivity index (χ1v) is 11.0. The second kappa shape index (κ2) is 11.3. The first-order chi connectivity index (χ1) is 14.9. The fraction of sp³-hybridized carbons (Fsp3) is 0.417. The lowest BCUT2D eigenvalue weighted by Gasteiger charge is -2.35. The number of hydrogen-bond acceptors (Lipinski definition) is 4. The van der Waals surface area contributed by atoms with Crippen LogP contribution in [0.4, 0.5) is 0 Å². The maximum Gasteiger partial charge on any atom is 0.222 e. The lowest BCUT2D eigenvalue weighted by Crippen LogP contribution is -2.44. The van der Waals surface area contributed by atoms with E-state index in [1.165, 1.54) is 6.92 Å². The molecule has 0 aliphatic carbocycles. The highest BCUT2D eigenvalue weighted by Gasteiger charge is 2.24. The van der Waals surface area contributed by atoms with Crippen LogP contribution in [0.1, 0.15) is 42.1 Å². The number of nitrogens with one attached hydrogen (secondary N) is 2. The minimum Gasteiger partial charge on any atom is -0.379 e. The average Bonchev–Trinajstić information content (AvgIpc) is 2.75. The Labute approximate surface area is 188 Å². The number of hydrogen-bond donors (Lipinski definition) is 2. The largest absolute Gasteiger partial charge is 0.379 e. The zero-order valence-electron chi connectivity index (χ0n) is 18.1. The first-order valence-electron chi connectivity index (χ1n) is 10.6. The average molecular weight is 444 g/mol. The summed E-state index contributed by atoms with van der Waals surface area (Å²) in [7, 11) is 0. The van der Waals surface area contributed by atoms with Crippen molar-refractivity contribution in [3.8, 4) is 0 Å². The highest BCUT2D eigenvalue weighted by atomic mass is 35.5. The summed E-state index contributed by atoms with van der Waals surface area (Å²) in [5.41, 5.74) is 3.15. The Hall–Kier alpha value is -2.41. The topological polar surface area (TPSA) is 70.7 Å². The molecule has 0 bridgehead atoms. The third-order valence-corrected chi connectivity index (χ3v) is 5.73. The zero-order chi connectivity index (χ0) is 22.2. The predicted molar refractivity (Wildman–Crippen MR) is 122 cm³/mol. The summed E-state index contributed by atoms with van der Waals surface area (Å²) in [5.74, 6) is -0.266. The molecule has 31 heavy (non-hydrogen) atoms. The Kier molecular flexibility index (Phi) is 8.46. The molecule has 2 aromatic rings. The van der Waals surface area contributed by atoms with Crippen LogP contribution in [-0.2, 0) is 14.3 Å². The van der Waals surface area contributed by atoms with Gasteiger partial charge in [-0.25, -0.2) is 0 Å². The van der Waals surface area contributed by atoms with E-state index in [1.54, 1.807) is 0 Å². The van der Waals surface area contributed by atoms with Gasteiger partial charge >= 0.3 is 0 Å². The van der Waals surface area contributed by atoms with E-state index >= 15 is 0 Å². The van der Waals surface area contributed by atoms with Crippen molar-refractivity contribution >= 4 is 23.4 Å². The van der Waals surface area contributed by atoms with Crippen molar-refractivity contribution in [1.82, 2.24) is 15.5 Å². The van der Waals surface area contributed by atoms with Crippen LogP contribution in [0.25, 0.3) is 0 Å². The fourth-order valence-corrected chi connectivity index (χ4v) is 3.92. The molecule has 2 atom stereocenters. The number of carbonyl (C=O) groups is 2. The minimum absolute atomic E-state index is 0.0312. The summed E-state index contributed by atoms with van der Waals surface area (Å²) in [6.45, 7) is 6.91. The molecule has 1 aliphatic rings. The molecule has 1 saturated heterocycles. The monoisotopic (exact) mass is 443 g/mol. The molecule has 1 heterocycles. The molecule has 1 fully saturated rings. The Morgan fingerprint density at radius 1 is 1.03 bits per heavy atom. The van der Waals surface area contributed by atoms with Gasteiger partial charge in [-0.2, -0.15) is 0 Å². The van der Waals surface area contributed by atoms with Gasteiger partial charge in [-0.3, -0.25) is 14.5 Å². The summed E-state index contributed by atoms with van der Waals surface area (Å²) < 4.78 is 5.49. The highest BCUT2D eigenvalue weighted by Crippen LogP contribution is 2.23. The molecule has 0 radical (unpaired) electrons. The van der Waals surface area contributed by atoms with Gasteiger partial charge in [0, 0.05) is 31.6 Å². The van der Waals surface area contributed by atoms with Crippen LogP contribution in [0.2, 0.25) is 5.02 Å². The number of halogens is 1. The third kappa shape index (κ3) is 7.06. The van der Waals surface area contributed by atoms with Gasteiger partial charge in [-0.15, -0.1) is 0 Å². The van der Waals surface area contributed by atoms with E-state index in [9.17, 15) is 9.59 Å². The summed E-state index contributed by atoms with van der Waals surface area (Å²) in [6.07, 6.45) is 0.180. The van der Waals surface area contributed by atoms with Crippen molar-refractivity contribution in [2.24, 2.45) is 0 Å². The number of aryl methyl sites for hydroxylation is 1. The molecule has 3 rings (SSSR count). The maximum atomic E-state index is 12.8. The number of ether oxygens (including phenoxy) is 1. The van der Waals surface area contributed by atoms with Crippen LogP contribution in [0, 0.1) is 6.92 Å². The smallest absolute Gasteiger partial charge is 0.222 e. The van der Waals surface area contributed by atoms with E-state index in [0.29, 0.717) is 24.8 Å². The molecule has 2 amide bonds. The number of rotatable bonds is 8. The number of benzene rings is 2. The van der Waals surface area contributed by atoms with Gasteiger partial charge in [-0.1, -0.05) is 53.6 Å². The van der Waals surface area contributed by atoms with Crippen LogP contribution >= 0.6 is 11.6 Å². The molecule has 0 saturated carbocycles. The molecule has 166 valence electrons. The maximum absolute atomic E-state index is 12.8. The van der Waals surface area contributed by atoms with Crippen LogP contribution in [0.3, 0.4) is 0 Å². The highest BCUT2D eigenvalue weighted by molar-refractivity contribution is 6.30. The van der Waals surface area contributed by atoms with Crippen molar-refractivity contribution in [2.45, 2.75) is 32.4 Å². The molecule has 0 spiro atoms. The number of carbonyl (C=O) groups excluding carboxylic acids is 2. The molecule has 2 unspecified atom stereocenters. The van der Waals surface area contributed by atoms with Gasteiger partial charge in [0.25, 0.3) is 0 Å². The third-order valence-electron chi connectivity index (χ3n) is 5.48. The van der Waals surface area contributed by atoms with E-state index in [1.807, 2.05) is 55.5 Å². The van der Waals surface area contributed by atoms with Crippen LogP contribution < -0.4 is 10.6 Å². The van der Waals surface area contributed by atoms with Crippen LogP contribution in [0.5, 0.6) is 0 Å². The Balaban J connectivity index is 1.67. The van der Waals surface area contributed by atoms with Crippen molar-refractivity contribution in [3.05, 3.63) is 70.2 Å². The second-order valence-electron chi connectivity index (χ2n) is 7.89. The minimum atomic E-state index is -0.365. The predicted octanol–water partition coefficient (Wildman–Crippen LogP) is 3.41. The van der Waals surface area contributed by atoms with Gasteiger partial charge in [0.2, 0.25) is 11.8 Å². The second-order valence-corrected chi connectivity index (χ2v) is 8.32. The van der Waals surface area contributed by atoms with Crippen molar-refractivity contribution in [2.75, 3.05) is 32.8 Å². The lowest BCUT2D eigenvalue weighted by molar-refractivity contribution is -0.123. The normalized spacial score (nSPS) is 16.4. The van der Waals surface area contributed by atoms with E-state index in [2.05, 4.69) is 15.5 Å². The SMILES string of the molecule is CC(=O)NC(CC(=O)NCC(c1ccc(Cl)cc1)N1CCOCC1)c1ccc(C)cc1. The van der Waals surface area contributed by atoms with E-state index in [4.69, 9.17) is 16.3 Å². The quantitative estimate of drug-likeness (QED) is 0.656. The summed E-state index contributed by atoms with van der Waals surface area (Å²) in [5, 5.41) is 6.65. The van der Waals surface area contributed by atoms with Gasteiger partial charge in [0.1, 0.15) is 0 Å². The summed E-state index contributed by atoms with van der Waals surface area (Å²) >= 11 is 6.06. The number of morpholine rings is 1. The zero-order valence-corrected chi connectivity index (χ0v) is 18.8. The van der Waals surface area contributed by atoms with Crippen LogP contribution in [-0.4, -0.2) is 49.6 Å². The first kappa shape index (κ1) is 23.3. The van der Waals surface area contributed by atoms with Crippen molar-refractivity contribution in [1.29, 1.82) is 0 Å². The van der Waals surface area contributed by atoms with Crippen LogP contribution in [0.15, 0.2) is 48.5 Å². The van der Waals surface area contributed by atoms with Gasteiger partial charge < -0.3 is 15.4 Å². The molecule has 1 aliphatic heterocycles. The van der Waals surface area contributed by atoms with Crippen molar-refractivity contribution < 1.29 is 14.3 Å². The molecule has 7 heteroatoms. The molecule has 6 nitrogen and oxygen atoms in total. The Bertz CT molecular complexity index is 865. The van der Waals surface area contributed by atoms with E-state index in [-0.39, 0.29) is 30.3 Å². The summed E-state index contributed by atoms with van der Waals surface area (Å²) in [4.78, 5) is 26.8. The Morgan fingerprint density at radius 3 is 2.26 bits per heavy atom. The van der Waals surface area contributed by atoms with Gasteiger partial charge in [-0.05, 0) is 30.2 Å². The molecular formula is C24H30ClN3O3. The molecule has 2 N–H and O–H groups in total. The summed E-state index contributed by atoms with van der Waals surface area (Å²) in [6, 6.07) is 15.3. The molecular weight excluding hydrogens is 414 g/mol. The number of amides is 2. The molecule has 0 aromatic heterocycles. The Morgan fingerprint density at radius 2 is 1.65 bits per heavy atom. The van der Waals surface area contributed by atoms with Crippen molar-refractivity contribution in [3.63, 3.8) is 0 Å². The standard InChI is InChI=1S/C24H30ClN3O3/c1-17-3-5-19(6-4-17)22(27-18(2)29)15-24(30)26-16-23(28-11-13-31-14-12-28)20-7-9-21(25)10-8-20/h3-10,22-23H,11-16H2,1-2H3,(H,26,30)(H,27,29). The van der Waals surface area contributed by atoms with E-state index in [0.717, 1.165) is 29.8 Å². The fourth-order valence-electron chi connectivity index (χ4n) is 3.80. The molecule has 2 aromatic carbocycles. The lowest BCUT2D eigenvalue weighted by atomic mass is 10.0.